The van der Waals surface area contributed by atoms with E-state index in [1.807, 2.05) is 6.26 Å². The van der Waals surface area contributed by atoms with Crippen molar-refractivity contribution in [2.45, 2.75) is 18.9 Å². The lowest BCUT2D eigenvalue weighted by Gasteiger charge is -2.17. The quantitative estimate of drug-likeness (QED) is 0.660. The summed E-state index contributed by atoms with van der Waals surface area (Å²) < 4.78 is 10.4. The Morgan fingerprint density at radius 3 is 3.00 bits per heavy atom. The molecule has 0 aromatic carbocycles. The van der Waals surface area contributed by atoms with E-state index >= 15 is 0 Å². The molecule has 3 heteroatoms. The Morgan fingerprint density at radius 1 is 1.50 bits per heavy atom. The van der Waals surface area contributed by atoms with Gasteiger partial charge in [0.2, 0.25) is 0 Å². The Hall–Kier alpha value is -0.540. The molecule has 0 aromatic rings. The molecule has 12 heavy (non-hydrogen) atoms. The van der Waals surface area contributed by atoms with Crippen molar-refractivity contribution in [2.75, 3.05) is 19.8 Å². The van der Waals surface area contributed by atoms with E-state index in [1.165, 1.54) is 5.57 Å². The fourth-order valence-corrected chi connectivity index (χ4v) is 1.79. The minimum atomic E-state index is 0.162. The van der Waals surface area contributed by atoms with Crippen molar-refractivity contribution < 1.29 is 9.47 Å². The van der Waals surface area contributed by atoms with Gasteiger partial charge in [-0.2, -0.15) is 0 Å². The monoisotopic (exact) mass is 169 g/mol. The molecule has 0 saturated carbocycles. The Balaban J connectivity index is 1.93. The third-order valence-electron chi connectivity index (χ3n) is 2.64. The van der Waals surface area contributed by atoms with E-state index in [0.29, 0.717) is 5.92 Å². The van der Waals surface area contributed by atoms with Crippen molar-refractivity contribution in [1.82, 2.24) is 0 Å². The average molecular weight is 169 g/mol. The largest absolute Gasteiger partial charge is 0.501 e. The number of rotatable bonds is 2. The van der Waals surface area contributed by atoms with E-state index in [9.17, 15) is 0 Å². The Morgan fingerprint density at radius 2 is 2.42 bits per heavy atom. The Bertz CT molecular complexity index is 185. The molecule has 0 aliphatic carbocycles. The Labute approximate surface area is 72.5 Å². The van der Waals surface area contributed by atoms with Crippen LogP contribution in [0.25, 0.3) is 0 Å². The van der Waals surface area contributed by atoms with E-state index in [2.05, 4.69) is 0 Å². The highest BCUT2D eigenvalue weighted by molar-refractivity contribution is 5.12. The maximum atomic E-state index is 6.06. The molecule has 2 rings (SSSR count). The van der Waals surface area contributed by atoms with Crippen molar-refractivity contribution in [2.24, 2.45) is 11.7 Å². The number of hydrogen-bond donors (Lipinski definition) is 1. The molecule has 3 nitrogen and oxygen atoms in total. The molecule has 68 valence electrons. The van der Waals surface area contributed by atoms with Gasteiger partial charge in [0.05, 0.1) is 19.5 Å². The van der Waals surface area contributed by atoms with Gasteiger partial charge in [-0.25, -0.2) is 0 Å². The minimum Gasteiger partial charge on any atom is -0.501 e. The van der Waals surface area contributed by atoms with E-state index in [1.54, 1.807) is 0 Å². The van der Waals surface area contributed by atoms with E-state index in [-0.39, 0.29) is 6.04 Å². The van der Waals surface area contributed by atoms with E-state index in [0.717, 1.165) is 32.7 Å². The van der Waals surface area contributed by atoms with Crippen LogP contribution in [0.5, 0.6) is 0 Å². The smallest absolute Gasteiger partial charge is 0.0912 e. The fourth-order valence-electron chi connectivity index (χ4n) is 1.79. The zero-order chi connectivity index (χ0) is 8.39. The lowest BCUT2D eigenvalue weighted by Crippen LogP contribution is -2.32. The Kier molecular flexibility index (Phi) is 2.33. The van der Waals surface area contributed by atoms with Gasteiger partial charge >= 0.3 is 0 Å². The molecule has 0 amide bonds. The van der Waals surface area contributed by atoms with Crippen molar-refractivity contribution in [3.8, 4) is 0 Å². The molecule has 0 bridgehead atoms. The summed E-state index contributed by atoms with van der Waals surface area (Å²) in [7, 11) is 0. The lowest BCUT2D eigenvalue weighted by atomic mass is 9.93. The van der Waals surface area contributed by atoms with Crippen LogP contribution in [0.2, 0.25) is 0 Å². The van der Waals surface area contributed by atoms with Crippen LogP contribution in [0.4, 0.5) is 0 Å². The summed E-state index contributed by atoms with van der Waals surface area (Å²) in [5.74, 6) is 0.512. The summed E-state index contributed by atoms with van der Waals surface area (Å²) in [6, 6.07) is 0.162. The highest BCUT2D eigenvalue weighted by Gasteiger charge is 2.26. The molecule has 2 N–H and O–H groups in total. The van der Waals surface area contributed by atoms with Crippen LogP contribution in [0.1, 0.15) is 12.8 Å². The number of ether oxygens (including phenoxy) is 2. The first kappa shape index (κ1) is 8.08. The van der Waals surface area contributed by atoms with Crippen LogP contribution in [-0.2, 0) is 9.47 Å². The van der Waals surface area contributed by atoms with Gasteiger partial charge in [-0.15, -0.1) is 0 Å². The molecule has 1 fully saturated rings. The normalized spacial score (nSPS) is 31.4. The number of nitrogens with two attached hydrogens (primary N) is 1. The summed E-state index contributed by atoms with van der Waals surface area (Å²) in [4.78, 5) is 0. The molecule has 0 aromatic heterocycles. The minimum absolute atomic E-state index is 0.162. The summed E-state index contributed by atoms with van der Waals surface area (Å²) in [5, 5.41) is 0. The maximum absolute atomic E-state index is 6.06. The van der Waals surface area contributed by atoms with Crippen LogP contribution in [0, 0.1) is 5.92 Å². The average Bonchev–Trinajstić information content (AvgIpc) is 2.77. The second-order valence-corrected chi connectivity index (χ2v) is 3.46. The molecule has 2 aliphatic heterocycles. The van der Waals surface area contributed by atoms with Crippen molar-refractivity contribution in [1.29, 1.82) is 0 Å². The van der Waals surface area contributed by atoms with E-state index < -0.39 is 0 Å². The van der Waals surface area contributed by atoms with Crippen LogP contribution in [0.15, 0.2) is 11.8 Å². The molecule has 0 radical (unpaired) electrons. The maximum Gasteiger partial charge on any atom is 0.0912 e. The summed E-state index contributed by atoms with van der Waals surface area (Å²) in [6.07, 6.45) is 3.92. The number of hydrogen-bond acceptors (Lipinski definition) is 3. The van der Waals surface area contributed by atoms with Crippen molar-refractivity contribution in [3.05, 3.63) is 11.8 Å². The van der Waals surface area contributed by atoms with Crippen LogP contribution in [-0.4, -0.2) is 25.9 Å². The van der Waals surface area contributed by atoms with Crippen molar-refractivity contribution >= 4 is 0 Å². The van der Waals surface area contributed by atoms with E-state index in [4.69, 9.17) is 15.2 Å². The highest BCUT2D eigenvalue weighted by atomic mass is 16.5. The molecule has 2 aliphatic rings. The molecule has 0 spiro atoms. The van der Waals surface area contributed by atoms with Gasteiger partial charge in [0.1, 0.15) is 0 Å². The fraction of sp³-hybridized carbons (Fsp3) is 0.778. The van der Waals surface area contributed by atoms with Gasteiger partial charge in [0.25, 0.3) is 0 Å². The van der Waals surface area contributed by atoms with Crippen LogP contribution < -0.4 is 5.73 Å². The molecule has 2 atom stereocenters. The standard InChI is InChI=1S/C9H15NO2/c10-9(7-1-3-11-5-7)8-2-4-12-6-8/h5,8-9H,1-4,6,10H2. The third kappa shape index (κ3) is 1.47. The highest BCUT2D eigenvalue weighted by Crippen LogP contribution is 2.24. The molecule has 2 unspecified atom stereocenters. The molecule has 1 saturated heterocycles. The SMILES string of the molecule is NC(C1=COCC1)C1CCOC1. The van der Waals surface area contributed by atoms with Crippen molar-refractivity contribution in [3.63, 3.8) is 0 Å². The topological polar surface area (TPSA) is 44.5 Å². The molecular formula is C9H15NO2. The zero-order valence-corrected chi connectivity index (χ0v) is 7.16. The second kappa shape index (κ2) is 3.46. The predicted octanol–water partition coefficient (Wildman–Crippen LogP) is 0.654. The lowest BCUT2D eigenvalue weighted by molar-refractivity contribution is 0.183. The molecular weight excluding hydrogens is 154 g/mol. The third-order valence-corrected chi connectivity index (χ3v) is 2.64. The van der Waals surface area contributed by atoms with Gasteiger partial charge in [-0.3, -0.25) is 0 Å². The van der Waals surface area contributed by atoms with Crippen LogP contribution in [0.3, 0.4) is 0 Å². The molecule has 2 heterocycles. The zero-order valence-electron chi connectivity index (χ0n) is 7.16. The first-order valence-electron chi connectivity index (χ1n) is 4.52. The van der Waals surface area contributed by atoms with Gasteiger partial charge in [-0.1, -0.05) is 0 Å². The van der Waals surface area contributed by atoms with Crippen LogP contribution >= 0.6 is 0 Å². The van der Waals surface area contributed by atoms with Gasteiger partial charge in [-0.05, 0) is 12.0 Å². The summed E-state index contributed by atoms with van der Waals surface area (Å²) in [6.45, 7) is 2.49. The second-order valence-electron chi connectivity index (χ2n) is 3.46. The van der Waals surface area contributed by atoms with Gasteiger partial charge in [0.15, 0.2) is 0 Å². The summed E-state index contributed by atoms with van der Waals surface area (Å²) in [5.41, 5.74) is 7.31. The first-order valence-corrected chi connectivity index (χ1v) is 4.52. The predicted molar refractivity (Wildman–Crippen MR) is 45.6 cm³/mol. The van der Waals surface area contributed by atoms with Gasteiger partial charge in [0, 0.05) is 25.0 Å². The van der Waals surface area contributed by atoms with Gasteiger partial charge < -0.3 is 15.2 Å². The summed E-state index contributed by atoms with van der Waals surface area (Å²) >= 11 is 0. The first-order chi connectivity index (χ1) is 5.88.